The summed E-state index contributed by atoms with van der Waals surface area (Å²) in [5, 5.41) is 5.67. The van der Waals surface area contributed by atoms with Gasteiger partial charge in [0.05, 0.1) is 5.41 Å². The van der Waals surface area contributed by atoms with Crippen LogP contribution in [0.15, 0.2) is 6.07 Å². The van der Waals surface area contributed by atoms with E-state index in [9.17, 15) is 4.79 Å². The first-order valence-corrected chi connectivity index (χ1v) is 6.28. The van der Waals surface area contributed by atoms with Crippen molar-refractivity contribution in [2.24, 2.45) is 5.41 Å². The first-order valence-electron chi connectivity index (χ1n) is 6.28. The quantitative estimate of drug-likeness (QED) is 0.714. The Kier molecular flexibility index (Phi) is 3.46. The third-order valence-corrected chi connectivity index (χ3v) is 3.56. The van der Waals surface area contributed by atoms with Gasteiger partial charge in [0.15, 0.2) is 0 Å². The smallest absolute Gasteiger partial charge is 0.227 e. The molecule has 1 amide bonds. The van der Waals surface area contributed by atoms with E-state index in [1.807, 2.05) is 13.0 Å². The van der Waals surface area contributed by atoms with Gasteiger partial charge in [-0.3, -0.25) is 4.79 Å². The molecule has 0 saturated carbocycles. The molecule has 1 aromatic heterocycles. The fourth-order valence-corrected chi connectivity index (χ4v) is 2.39. The molecule has 0 aromatic carbocycles. The summed E-state index contributed by atoms with van der Waals surface area (Å²) in [6, 6.07) is 1.84. The molecule has 1 aliphatic rings. The maximum atomic E-state index is 11.9. The van der Waals surface area contributed by atoms with Crippen LogP contribution < -0.4 is 21.3 Å². The highest BCUT2D eigenvalue weighted by atomic mass is 16.2. The van der Waals surface area contributed by atoms with Crippen LogP contribution in [-0.4, -0.2) is 43.1 Å². The second kappa shape index (κ2) is 4.91. The van der Waals surface area contributed by atoms with Crippen LogP contribution in [0, 0.1) is 5.41 Å². The summed E-state index contributed by atoms with van der Waals surface area (Å²) in [5.41, 5.74) is 5.31. The summed E-state index contributed by atoms with van der Waals surface area (Å²) in [5.74, 6) is 1.72. The minimum absolute atomic E-state index is 0.0610. The summed E-state index contributed by atoms with van der Waals surface area (Å²) in [6.07, 6.45) is 0.797. The fourth-order valence-electron chi connectivity index (χ4n) is 2.39. The van der Waals surface area contributed by atoms with Crippen molar-refractivity contribution in [2.45, 2.75) is 13.3 Å². The van der Waals surface area contributed by atoms with Gasteiger partial charge in [0.25, 0.3) is 0 Å². The van der Waals surface area contributed by atoms with E-state index in [1.54, 1.807) is 14.1 Å². The standard InChI is InChI=1S/C12H20N6O/c1-12(10(19)15-3)4-5-18(7-12)9-6-8(14-2)16-11(13)17-9/h6H,4-5,7H2,1-3H3,(H,15,19)(H3,13,14,16,17). The molecule has 2 rings (SSSR count). The number of amides is 1. The largest absolute Gasteiger partial charge is 0.373 e. The van der Waals surface area contributed by atoms with Crippen molar-refractivity contribution in [3.05, 3.63) is 6.07 Å². The van der Waals surface area contributed by atoms with Crippen LogP contribution in [0.5, 0.6) is 0 Å². The van der Waals surface area contributed by atoms with Gasteiger partial charge < -0.3 is 21.3 Å². The van der Waals surface area contributed by atoms with E-state index in [4.69, 9.17) is 5.73 Å². The zero-order valence-electron chi connectivity index (χ0n) is 11.5. The molecule has 1 atom stereocenters. The van der Waals surface area contributed by atoms with Gasteiger partial charge in [0.2, 0.25) is 11.9 Å². The Labute approximate surface area is 112 Å². The average Bonchev–Trinajstić information content (AvgIpc) is 2.81. The Balaban J connectivity index is 2.21. The summed E-state index contributed by atoms with van der Waals surface area (Å²) < 4.78 is 0. The summed E-state index contributed by atoms with van der Waals surface area (Å²) in [7, 11) is 3.45. The van der Waals surface area contributed by atoms with Crippen molar-refractivity contribution >= 4 is 23.5 Å². The van der Waals surface area contributed by atoms with Crippen LogP contribution in [0.4, 0.5) is 17.6 Å². The van der Waals surface area contributed by atoms with E-state index in [0.717, 1.165) is 18.8 Å². The average molecular weight is 264 g/mol. The molecule has 4 N–H and O–H groups in total. The van der Waals surface area contributed by atoms with Crippen molar-refractivity contribution in [2.75, 3.05) is 43.1 Å². The fraction of sp³-hybridized carbons (Fsp3) is 0.583. The zero-order valence-corrected chi connectivity index (χ0v) is 11.5. The number of carbonyl (C=O) groups excluding carboxylic acids is 1. The van der Waals surface area contributed by atoms with E-state index in [1.165, 1.54) is 0 Å². The van der Waals surface area contributed by atoms with Crippen LogP contribution in [-0.2, 0) is 4.79 Å². The van der Waals surface area contributed by atoms with Crippen molar-refractivity contribution in [1.29, 1.82) is 0 Å². The van der Waals surface area contributed by atoms with E-state index >= 15 is 0 Å². The Morgan fingerprint density at radius 2 is 2.21 bits per heavy atom. The highest BCUT2D eigenvalue weighted by Crippen LogP contribution is 2.33. The summed E-state index contributed by atoms with van der Waals surface area (Å²) >= 11 is 0. The van der Waals surface area contributed by atoms with Crippen molar-refractivity contribution < 1.29 is 4.79 Å². The number of nitrogens with one attached hydrogen (secondary N) is 2. The van der Waals surface area contributed by atoms with E-state index in [0.29, 0.717) is 12.4 Å². The highest BCUT2D eigenvalue weighted by molar-refractivity contribution is 5.83. The topological polar surface area (TPSA) is 96.2 Å². The number of anilines is 3. The maximum Gasteiger partial charge on any atom is 0.227 e. The summed E-state index contributed by atoms with van der Waals surface area (Å²) in [6.45, 7) is 3.38. The highest BCUT2D eigenvalue weighted by Gasteiger charge is 2.40. The molecule has 1 aromatic rings. The van der Waals surface area contributed by atoms with Crippen LogP contribution >= 0.6 is 0 Å². The van der Waals surface area contributed by atoms with Crippen LogP contribution in [0.2, 0.25) is 0 Å². The van der Waals surface area contributed by atoms with Crippen LogP contribution in [0.1, 0.15) is 13.3 Å². The van der Waals surface area contributed by atoms with Gasteiger partial charge in [-0.1, -0.05) is 0 Å². The lowest BCUT2D eigenvalue weighted by molar-refractivity contribution is -0.128. The Bertz CT molecular complexity index is 491. The predicted octanol–water partition coefficient (Wildman–Crippen LogP) is 0.0629. The van der Waals surface area contributed by atoms with E-state index in [-0.39, 0.29) is 17.3 Å². The lowest BCUT2D eigenvalue weighted by Gasteiger charge is -2.23. The minimum atomic E-state index is -0.381. The Hall–Kier alpha value is -2.05. The van der Waals surface area contributed by atoms with Crippen molar-refractivity contribution in [3.8, 4) is 0 Å². The van der Waals surface area contributed by atoms with Gasteiger partial charge in [-0.05, 0) is 13.3 Å². The van der Waals surface area contributed by atoms with Crippen LogP contribution in [0.25, 0.3) is 0 Å². The molecule has 7 heteroatoms. The Morgan fingerprint density at radius 1 is 1.47 bits per heavy atom. The molecule has 0 radical (unpaired) electrons. The van der Waals surface area contributed by atoms with Crippen molar-refractivity contribution in [1.82, 2.24) is 15.3 Å². The number of hydrogen-bond acceptors (Lipinski definition) is 6. The van der Waals surface area contributed by atoms with E-state index in [2.05, 4.69) is 25.5 Å². The molecule has 0 spiro atoms. The molecular formula is C12H20N6O. The minimum Gasteiger partial charge on any atom is -0.373 e. The molecule has 2 heterocycles. The molecule has 0 aliphatic carbocycles. The Morgan fingerprint density at radius 3 is 2.84 bits per heavy atom. The number of nitrogen functional groups attached to an aromatic ring is 1. The molecule has 0 bridgehead atoms. The molecule has 104 valence electrons. The second-order valence-corrected chi connectivity index (χ2v) is 5.03. The van der Waals surface area contributed by atoms with Crippen molar-refractivity contribution in [3.63, 3.8) is 0 Å². The monoisotopic (exact) mass is 264 g/mol. The zero-order chi connectivity index (χ0) is 14.0. The van der Waals surface area contributed by atoms with Gasteiger partial charge in [-0.25, -0.2) is 0 Å². The van der Waals surface area contributed by atoms with Gasteiger partial charge >= 0.3 is 0 Å². The number of nitrogens with two attached hydrogens (primary N) is 1. The summed E-state index contributed by atoms with van der Waals surface area (Å²) in [4.78, 5) is 22.3. The van der Waals surface area contributed by atoms with E-state index < -0.39 is 0 Å². The second-order valence-electron chi connectivity index (χ2n) is 5.03. The van der Waals surface area contributed by atoms with Gasteiger partial charge in [0.1, 0.15) is 11.6 Å². The lowest BCUT2D eigenvalue weighted by atomic mass is 9.89. The molecule has 1 saturated heterocycles. The molecular weight excluding hydrogens is 244 g/mol. The van der Waals surface area contributed by atoms with Crippen LogP contribution in [0.3, 0.4) is 0 Å². The first kappa shape index (κ1) is 13.4. The normalized spacial score (nSPS) is 22.4. The predicted molar refractivity (Wildman–Crippen MR) is 75.0 cm³/mol. The number of nitrogens with zero attached hydrogens (tertiary/aromatic N) is 3. The maximum absolute atomic E-state index is 11.9. The number of aromatic nitrogens is 2. The third kappa shape index (κ3) is 2.54. The molecule has 19 heavy (non-hydrogen) atoms. The molecule has 7 nitrogen and oxygen atoms in total. The number of carbonyl (C=O) groups is 1. The lowest BCUT2D eigenvalue weighted by Crippen LogP contribution is -2.39. The van der Waals surface area contributed by atoms with Gasteiger partial charge in [0, 0.05) is 33.3 Å². The molecule has 1 fully saturated rings. The first-order chi connectivity index (χ1) is 8.98. The van der Waals surface area contributed by atoms with Gasteiger partial charge in [-0.2, -0.15) is 9.97 Å². The molecule has 1 unspecified atom stereocenters. The third-order valence-electron chi connectivity index (χ3n) is 3.56. The SMILES string of the molecule is CNC(=O)C1(C)CCN(c2cc(NC)nc(N)n2)C1. The molecule has 1 aliphatic heterocycles. The number of rotatable bonds is 3. The van der Waals surface area contributed by atoms with Gasteiger partial charge in [-0.15, -0.1) is 0 Å². The number of hydrogen-bond donors (Lipinski definition) is 3.